The minimum Gasteiger partial charge on any atom is -0.492 e. The summed E-state index contributed by atoms with van der Waals surface area (Å²) in [5, 5.41) is 6.30. The molecule has 1 atom stereocenters. The molecule has 7 nitrogen and oxygen atoms in total. The molecular weight excluding hydrogens is 423 g/mol. The third kappa shape index (κ3) is 3.82. The lowest BCUT2D eigenvalue weighted by molar-refractivity contribution is 0.0940. The summed E-state index contributed by atoms with van der Waals surface area (Å²) in [7, 11) is 1.42. The molecule has 3 N–H and O–H groups in total. The number of methoxy groups -OCH3 is 1. The zero-order valence-electron chi connectivity index (χ0n) is 18.5. The maximum absolute atomic E-state index is 14.4. The highest BCUT2D eigenvalue weighted by Gasteiger charge is 2.33. The fraction of sp³-hybridized carbons (Fsp3) is 0.280. The van der Waals surface area contributed by atoms with E-state index in [0.29, 0.717) is 41.5 Å². The second-order valence-corrected chi connectivity index (χ2v) is 8.29. The Labute approximate surface area is 191 Å². The van der Waals surface area contributed by atoms with Gasteiger partial charge in [0.05, 0.1) is 35.9 Å². The van der Waals surface area contributed by atoms with Gasteiger partial charge in [-0.25, -0.2) is 4.39 Å². The Bertz CT molecular complexity index is 1250. The number of anilines is 2. The van der Waals surface area contributed by atoms with Gasteiger partial charge < -0.3 is 25.1 Å². The maximum atomic E-state index is 14.4. The van der Waals surface area contributed by atoms with Gasteiger partial charge in [0.2, 0.25) is 0 Å². The number of nitrogens with one attached hydrogen (secondary N) is 3. The highest BCUT2D eigenvalue weighted by molar-refractivity contribution is 6.07. The molecule has 3 aromatic rings. The van der Waals surface area contributed by atoms with Crippen LogP contribution >= 0.6 is 0 Å². The second kappa shape index (κ2) is 8.61. The molecule has 1 aromatic carbocycles. The smallest absolute Gasteiger partial charge is 0.255 e. The summed E-state index contributed by atoms with van der Waals surface area (Å²) < 4.78 is 25.7. The van der Waals surface area contributed by atoms with Crippen LogP contribution in [0.1, 0.15) is 41.7 Å². The Balaban J connectivity index is 1.73. The van der Waals surface area contributed by atoms with Crippen molar-refractivity contribution in [3.63, 3.8) is 0 Å². The number of benzene rings is 1. The van der Waals surface area contributed by atoms with Crippen molar-refractivity contribution >= 4 is 17.3 Å². The van der Waals surface area contributed by atoms with Gasteiger partial charge in [-0.15, -0.1) is 0 Å². The molecule has 170 valence electrons. The topological polar surface area (TPSA) is 88.3 Å². The van der Waals surface area contributed by atoms with E-state index in [-0.39, 0.29) is 17.6 Å². The number of carbonyl (C=O) groups is 1. The van der Waals surface area contributed by atoms with Crippen LogP contribution in [0, 0.1) is 5.82 Å². The number of allylic oxidation sites excluding steroid dienone is 1. The van der Waals surface area contributed by atoms with Crippen LogP contribution in [-0.2, 0) is 0 Å². The molecule has 33 heavy (non-hydrogen) atoms. The molecule has 0 saturated carbocycles. The molecule has 8 heteroatoms. The summed E-state index contributed by atoms with van der Waals surface area (Å²) >= 11 is 0. The van der Waals surface area contributed by atoms with Crippen LogP contribution in [0.5, 0.6) is 11.5 Å². The first-order chi connectivity index (χ1) is 16.1. The zero-order valence-corrected chi connectivity index (χ0v) is 18.5. The molecule has 1 unspecified atom stereocenters. The maximum Gasteiger partial charge on any atom is 0.255 e. The Morgan fingerprint density at radius 3 is 3.03 bits per heavy atom. The van der Waals surface area contributed by atoms with E-state index in [2.05, 4.69) is 33.6 Å². The molecule has 0 spiro atoms. The molecule has 4 heterocycles. The first kappa shape index (κ1) is 21.1. The molecule has 0 saturated heterocycles. The lowest BCUT2D eigenvalue weighted by Gasteiger charge is -2.24. The first-order valence-electron chi connectivity index (χ1n) is 10.9. The standard InChI is InChI=1S/C25H25FN4O3/c1-14-6-7-15-12-28-25(31)20-21(15)30-22(16-8-10-27-13-19(16)33-11-9-14)23(20)29-18-5-3-4-17(26)24(18)32-2/h3-5,8-10,13,15,29-30H,6-7,11-12H2,1-2H3,(H,28,31)/b14-9-. The van der Waals surface area contributed by atoms with Gasteiger partial charge in [0.15, 0.2) is 11.6 Å². The normalized spacial score (nSPS) is 19.1. The van der Waals surface area contributed by atoms with Crippen LogP contribution in [0.25, 0.3) is 11.3 Å². The minimum atomic E-state index is -0.490. The monoisotopic (exact) mass is 448 g/mol. The fourth-order valence-corrected chi connectivity index (χ4v) is 4.47. The van der Waals surface area contributed by atoms with E-state index in [1.807, 2.05) is 6.07 Å². The SMILES string of the molecule is COc1c(F)cccc1Nc1c2[nH]c3c1C(=O)NCC3CC/C(C)=C\COc1cnccc1-2. The number of halogens is 1. The van der Waals surface area contributed by atoms with Crippen molar-refractivity contribution in [1.82, 2.24) is 15.3 Å². The molecule has 5 rings (SSSR count). The average Bonchev–Trinajstić information content (AvgIpc) is 3.18. The molecule has 2 aromatic heterocycles. The number of pyridine rings is 1. The van der Waals surface area contributed by atoms with Gasteiger partial charge in [-0.1, -0.05) is 11.6 Å². The van der Waals surface area contributed by atoms with Crippen LogP contribution in [0.4, 0.5) is 15.8 Å². The first-order valence-corrected chi connectivity index (χ1v) is 10.9. The summed E-state index contributed by atoms with van der Waals surface area (Å²) in [5.41, 5.74) is 5.04. The van der Waals surface area contributed by atoms with Gasteiger partial charge in [-0.3, -0.25) is 9.78 Å². The van der Waals surface area contributed by atoms with Crippen LogP contribution in [0.2, 0.25) is 0 Å². The van der Waals surface area contributed by atoms with Crippen LogP contribution in [0.15, 0.2) is 48.3 Å². The van der Waals surface area contributed by atoms with Crippen molar-refractivity contribution < 1.29 is 18.7 Å². The largest absolute Gasteiger partial charge is 0.492 e. The number of H-pyrrole nitrogens is 1. The third-order valence-electron chi connectivity index (χ3n) is 6.22. The van der Waals surface area contributed by atoms with Gasteiger partial charge in [-0.2, -0.15) is 0 Å². The molecule has 0 fully saturated rings. The van der Waals surface area contributed by atoms with E-state index < -0.39 is 5.82 Å². The molecule has 0 radical (unpaired) electrons. The van der Waals surface area contributed by atoms with Gasteiger partial charge in [0.1, 0.15) is 12.4 Å². The number of amides is 1. The third-order valence-corrected chi connectivity index (χ3v) is 6.22. The van der Waals surface area contributed by atoms with Crippen molar-refractivity contribution in [2.45, 2.75) is 25.7 Å². The van der Waals surface area contributed by atoms with E-state index in [4.69, 9.17) is 9.47 Å². The molecule has 1 amide bonds. The van der Waals surface area contributed by atoms with Crippen LogP contribution in [0.3, 0.4) is 0 Å². The van der Waals surface area contributed by atoms with E-state index in [9.17, 15) is 9.18 Å². The Morgan fingerprint density at radius 2 is 2.18 bits per heavy atom. The van der Waals surface area contributed by atoms with Gasteiger partial charge in [0, 0.05) is 29.9 Å². The summed E-state index contributed by atoms with van der Waals surface area (Å²) in [5.74, 6) is 0.119. The zero-order chi connectivity index (χ0) is 22.9. The minimum absolute atomic E-state index is 0.0788. The van der Waals surface area contributed by atoms with Crippen LogP contribution in [-0.4, -0.2) is 36.1 Å². The van der Waals surface area contributed by atoms with Crippen molar-refractivity contribution in [2.24, 2.45) is 0 Å². The van der Waals surface area contributed by atoms with Gasteiger partial charge in [-0.05, 0) is 44.0 Å². The highest BCUT2D eigenvalue weighted by Crippen LogP contribution is 2.44. The van der Waals surface area contributed by atoms with Crippen molar-refractivity contribution in [2.75, 3.05) is 25.6 Å². The highest BCUT2D eigenvalue weighted by atomic mass is 19.1. The van der Waals surface area contributed by atoms with Crippen molar-refractivity contribution in [3.8, 4) is 22.8 Å². The number of aromatic amines is 1. The molecule has 2 bridgehead atoms. The molecular formula is C25H25FN4O3. The van der Waals surface area contributed by atoms with E-state index in [1.165, 1.54) is 18.7 Å². The molecule has 2 aliphatic rings. The number of rotatable bonds is 3. The van der Waals surface area contributed by atoms with E-state index in [1.54, 1.807) is 24.5 Å². The number of carbonyl (C=O) groups excluding carboxylic acids is 1. The summed E-state index contributed by atoms with van der Waals surface area (Å²) in [4.78, 5) is 20.8. The second-order valence-electron chi connectivity index (χ2n) is 8.29. The summed E-state index contributed by atoms with van der Waals surface area (Å²) in [6.07, 6.45) is 7.18. The number of hydrogen-bond acceptors (Lipinski definition) is 5. The average molecular weight is 448 g/mol. The quantitative estimate of drug-likeness (QED) is 0.496. The number of ether oxygens (including phenoxy) is 2. The lowest BCUT2D eigenvalue weighted by Crippen LogP contribution is -2.35. The van der Waals surface area contributed by atoms with Crippen molar-refractivity contribution in [3.05, 3.63) is 65.4 Å². The number of aromatic nitrogens is 2. The predicted octanol–water partition coefficient (Wildman–Crippen LogP) is 4.91. The number of fused-ring (bicyclic) bond motifs is 3. The predicted molar refractivity (Wildman–Crippen MR) is 124 cm³/mol. The van der Waals surface area contributed by atoms with Gasteiger partial charge in [0.25, 0.3) is 5.91 Å². The number of hydrogen-bond donors (Lipinski definition) is 3. The van der Waals surface area contributed by atoms with Crippen LogP contribution < -0.4 is 20.1 Å². The Hall–Kier alpha value is -3.81. The summed E-state index contributed by atoms with van der Waals surface area (Å²) in [6.45, 7) is 3.07. The summed E-state index contributed by atoms with van der Waals surface area (Å²) in [6, 6.07) is 6.49. The lowest BCUT2D eigenvalue weighted by atomic mass is 9.91. The van der Waals surface area contributed by atoms with E-state index in [0.717, 1.165) is 24.1 Å². The number of para-hydroxylation sites is 1. The fourth-order valence-electron chi connectivity index (χ4n) is 4.47. The Morgan fingerprint density at radius 1 is 1.30 bits per heavy atom. The van der Waals surface area contributed by atoms with Crippen molar-refractivity contribution in [1.29, 1.82) is 0 Å². The molecule has 0 aliphatic carbocycles. The van der Waals surface area contributed by atoms with E-state index >= 15 is 0 Å². The number of nitrogens with zero attached hydrogens (tertiary/aromatic N) is 1. The molecule has 2 aliphatic heterocycles. The Kier molecular flexibility index (Phi) is 5.50. The van der Waals surface area contributed by atoms with Gasteiger partial charge >= 0.3 is 0 Å².